The van der Waals surface area contributed by atoms with Crippen LogP contribution in [0.3, 0.4) is 0 Å². The Morgan fingerprint density at radius 1 is 1.21 bits per heavy atom. The van der Waals surface area contributed by atoms with Gasteiger partial charge in [0, 0.05) is 53.4 Å². The molecule has 2 saturated heterocycles. The number of carbonyl (C=O) groups is 1. The third-order valence-corrected chi connectivity index (χ3v) is 9.46. The maximum atomic E-state index is 14.0. The number of allylic oxidation sites excluding steroid dienone is 2. The molecule has 2 heterocycles. The molecule has 214 valence electrons. The first kappa shape index (κ1) is 31.8. The van der Waals surface area contributed by atoms with Gasteiger partial charge in [0.25, 0.3) is 0 Å². The molecular formula is C30H38Cl3F2N3O. The van der Waals surface area contributed by atoms with Crippen LogP contribution in [0.15, 0.2) is 51.6 Å². The molecule has 2 fully saturated rings. The summed E-state index contributed by atoms with van der Waals surface area (Å²) in [6.45, 7) is 11.0. The third kappa shape index (κ3) is 7.93. The SMILES string of the molecule is CCC(Cl)=NC=CCC(=O)N1CC2(CCN(CC=Cc3ccc(F)cc3F)CC2)C(C(C)C(Cl)=C(C)Cl)C1C. The third-order valence-electron chi connectivity index (χ3n) is 8.17. The summed E-state index contributed by atoms with van der Waals surface area (Å²) in [5.74, 6) is -0.929. The van der Waals surface area contributed by atoms with E-state index in [0.29, 0.717) is 40.3 Å². The highest BCUT2D eigenvalue weighted by atomic mass is 35.5. The summed E-state index contributed by atoms with van der Waals surface area (Å²) in [5, 5.41) is 1.74. The molecule has 0 bridgehead atoms. The Labute approximate surface area is 246 Å². The Balaban J connectivity index is 1.73. The van der Waals surface area contributed by atoms with Gasteiger partial charge in [-0.1, -0.05) is 66.9 Å². The van der Waals surface area contributed by atoms with Crippen LogP contribution in [-0.4, -0.2) is 53.1 Å². The monoisotopic (exact) mass is 599 g/mol. The maximum absolute atomic E-state index is 14.0. The highest BCUT2D eigenvalue weighted by molar-refractivity contribution is 6.65. The molecular weight excluding hydrogens is 563 g/mol. The molecule has 39 heavy (non-hydrogen) atoms. The van der Waals surface area contributed by atoms with E-state index in [1.807, 2.05) is 17.9 Å². The molecule has 0 aliphatic carbocycles. The van der Waals surface area contributed by atoms with Crippen molar-refractivity contribution in [1.29, 1.82) is 0 Å². The van der Waals surface area contributed by atoms with Crippen molar-refractivity contribution in [1.82, 2.24) is 9.80 Å². The second-order valence-corrected chi connectivity index (χ2v) is 12.0. The van der Waals surface area contributed by atoms with E-state index in [-0.39, 0.29) is 35.6 Å². The predicted octanol–water partition coefficient (Wildman–Crippen LogP) is 8.20. The van der Waals surface area contributed by atoms with E-state index in [9.17, 15) is 13.6 Å². The van der Waals surface area contributed by atoms with Crippen molar-refractivity contribution < 1.29 is 13.6 Å². The molecule has 1 spiro atoms. The molecule has 2 aliphatic heterocycles. The normalized spacial score (nSPS) is 23.7. The molecule has 3 unspecified atom stereocenters. The summed E-state index contributed by atoms with van der Waals surface area (Å²) in [6.07, 6.45) is 9.69. The zero-order valence-electron chi connectivity index (χ0n) is 23.1. The Bertz CT molecular complexity index is 1140. The number of carbonyl (C=O) groups excluding carboxylic acids is 1. The standard InChI is InChI=1S/C30H38Cl3F2N3O/c1-5-26(32)36-14-6-9-27(39)38-19-30(28(22(38)4)20(2)29(33)21(3)31)12-16-37(17-13-30)15-7-8-23-10-11-24(34)18-25(23)35/h6-8,10-11,14,18,20,22,28H,5,9,12-13,15-17,19H2,1-4H3. The summed E-state index contributed by atoms with van der Waals surface area (Å²) >= 11 is 19.0. The average Bonchev–Trinajstić information content (AvgIpc) is 3.19. The van der Waals surface area contributed by atoms with Crippen LogP contribution < -0.4 is 0 Å². The van der Waals surface area contributed by atoms with Crippen LogP contribution in [0.2, 0.25) is 0 Å². The van der Waals surface area contributed by atoms with Crippen LogP contribution in [0.5, 0.6) is 0 Å². The lowest BCUT2D eigenvalue weighted by molar-refractivity contribution is -0.131. The second kappa shape index (κ2) is 14.2. The number of rotatable bonds is 9. The number of piperidine rings is 1. The van der Waals surface area contributed by atoms with E-state index in [0.717, 1.165) is 32.0 Å². The quantitative estimate of drug-likeness (QED) is 0.268. The van der Waals surface area contributed by atoms with Gasteiger partial charge in [-0.05, 0) is 75.6 Å². The van der Waals surface area contributed by atoms with Crippen LogP contribution in [0.1, 0.15) is 58.9 Å². The van der Waals surface area contributed by atoms with Crippen molar-refractivity contribution in [3.63, 3.8) is 0 Å². The van der Waals surface area contributed by atoms with Crippen molar-refractivity contribution in [2.45, 2.75) is 59.4 Å². The number of amides is 1. The number of aliphatic imine (C=N–C) groups is 1. The molecule has 0 aromatic heterocycles. The Hall–Kier alpha value is -1.73. The van der Waals surface area contributed by atoms with Gasteiger partial charge in [0.15, 0.2) is 0 Å². The van der Waals surface area contributed by atoms with Crippen molar-refractivity contribution in [3.8, 4) is 0 Å². The van der Waals surface area contributed by atoms with Gasteiger partial charge >= 0.3 is 0 Å². The lowest BCUT2D eigenvalue weighted by atomic mass is 9.64. The van der Waals surface area contributed by atoms with E-state index in [4.69, 9.17) is 34.8 Å². The van der Waals surface area contributed by atoms with Gasteiger partial charge < -0.3 is 4.90 Å². The molecule has 9 heteroatoms. The summed E-state index contributed by atoms with van der Waals surface area (Å²) in [6, 6.07) is 3.60. The average molecular weight is 601 g/mol. The number of halogens is 5. The number of likely N-dealkylation sites (tertiary alicyclic amines) is 2. The molecule has 3 atom stereocenters. The van der Waals surface area contributed by atoms with Gasteiger partial charge in [-0.15, -0.1) is 0 Å². The van der Waals surface area contributed by atoms with Crippen molar-refractivity contribution in [2.75, 3.05) is 26.2 Å². The minimum atomic E-state index is -0.585. The minimum Gasteiger partial charge on any atom is -0.339 e. The number of nitrogens with zero attached hydrogens (tertiary/aromatic N) is 3. The zero-order chi connectivity index (χ0) is 28.7. The largest absolute Gasteiger partial charge is 0.339 e. The molecule has 0 radical (unpaired) electrons. The van der Waals surface area contributed by atoms with Crippen LogP contribution >= 0.6 is 34.8 Å². The summed E-state index contributed by atoms with van der Waals surface area (Å²) in [4.78, 5) is 21.8. The van der Waals surface area contributed by atoms with Gasteiger partial charge in [0.1, 0.15) is 16.8 Å². The van der Waals surface area contributed by atoms with E-state index >= 15 is 0 Å². The van der Waals surface area contributed by atoms with E-state index in [2.05, 4.69) is 23.7 Å². The number of hydrogen-bond donors (Lipinski definition) is 0. The van der Waals surface area contributed by atoms with Gasteiger partial charge in [-0.25, -0.2) is 13.8 Å². The van der Waals surface area contributed by atoms with Crippen LogP contribution in [0.4, 0.5) is 8.78 Å². The smallest absolute Gasteiger partial charge is 0.226 e. The topological polar surface area (TPSA) is 35.9 Å². The fourth-order valence-corrected chi connectivity index (χ4v) is 6.53. The van der Waals surface area contributed by atoms with Gasteiger partial charge in [0.05, 0.1) is 0 Å². The minimum absolute atomic E-state index is 0.00120. The molecule has 1 amide bonds. The Morgan fingerprint density at radius 2 is 1.90 bits per heavy atom. The van der Waals surface area contributed by atoms with Crippen molar-refractivity contribution in [3.05, 3.63) is 63.8 Å². The summed E-state index contributed by atoms with van der Waals surface area (Å²) in [5.41, 5.74) is 0.282. The van der Waals surface area contributed by atoms with Crippen LogP contribution in [0.25, 0.3) is 6.08 Å². The number of benzene rings is 1. The molecule has 1 aromatic rings. The van der Waals surface area contributed by atoms with Crippen molar-refractivity contribution >= 4 is 52.0 Å². The predicted molar refractivity (Wildman–Crippen MR) is 159 cm³/mol. The maximum Gasteiger partial charge on any atom is 0.226 e. The highest BCUT2D eigenvalue weighted by Gasteiger charge is 2.54. The first-order valence-corrected chi connectivity index (χ1v) is 14.6. The zero-order valence-corrected chi connectivity index (χ0v) is 25.3. The fraction of sp³-hybridized carbons (Fsp3) is 0.533. The van der Waals surface area contributed by atoms with Crippen LogP contribution in [-0.2, 0) is 4.79 Å². The molecule has 4 nitrogen and oxygen atoms in total. The van der Waals surface area contributed by atoms with Gasteiger partial charge in [-0.2, -0.15) is 0 Å². The second-order valence-electron chi connectivity index (χ2n) is 10.6. The van der Waals surface area contributed by atoms with Crippen LogP contribution in [0, 0.1) is 28.9 Å². The molecule has 0 saturated carbocycles. The lowest BCUT2D eigenvalue weighted by Crippen LogP contribution is -2.46. The lowest BCUT2D eigenvalue weighted by Gasteiger charge is -2.45. The highest BCUT2D eigenvalue weighted by Crippen LogP contribution is 2.53. The Kier molecular flexibility index (Phi) is 11.6. The van der Waals surface area contributed by atoms with Crippen molar-refractivity contribution in [2.24, 2.45) is 22.2 Å². The fourth-order valence-electron chi connectivity index (χ4n) is 6.16. The van der Waals surface area contributed by atoms with Gasteiger partial charge in [-0.3, -0.25) is 9.69 Å². The number of hydrogen-bond acceptors (Lipinski definition) is 3. The first-order valence-electron chi connectivity index (χ1n) is 13.5. The Morgan fingerprint density at radius 3 is 2.51 bits per heavy atom. The summed E-state index contributed by atoms with van der Waals surface area (Å²) in [7, 11) is 0. The summed E-state index contributed by atoms with van der Waals surface area (Å²) < 4.78 is 27.2. The van der Waals surface area contributed by atoms with E-state index in [1.165, 1.54) is 12.1 Å². The van der Waals surface area contributed by atoms with E-state index in [1.54, 1.807) is 25.3 Å². The first-order chi connectivity index (χ1) is 18.5. The van der Waals surface area contributed by atoms with E-state index < -0.39 is 11.6 Å². The van der Waals surface area contributed by atoms with Gasteiger partial charge in [0.2, 0.25) is 5.91 Å². The molecule has 0 N–H and O–H groups in total. The molecule has 3 rings (SSSR count). The molecule has 1 aromatic carbocycles. The molecule has 2 aliphatic rings.